The van der Waals surface area contributed by atoms with Gasteiger partial charge in [0.2, 0.25) is 0 Å². The predicted molar refractivity (Wildman–Crippen MR) is 61.5 cm³/mol. The van der Waals surface area contributed by atoms with Crippen LogP contribution in [-0.2, 0) is 0 Å². The van der Waals surface area contributed by atoms with Crippen LogP contribution < -0.4 is 0 Å². The third kappa shape index (κ3) is 1.36. The molecule has 2 rings (SSSR count). The van der Waals surface area contributed by atoms with Crippen LogP contribution in [0.25, 0.3) is 11.0 Å². The van der Waals surface area contributed by atoms with Gasteiger partial charge in [-0.1, -0.05) is 11.6 Å². The van der Waals surface area contributed by atoms with Gasteiger partial charge in [0, 0.05) is 16.1 Å². The molecule has 2 heterocycles. The average Bonchev–Trinajstić information content (AvgIpc) is 2.31. The molecule has 0 amide bonds. The van der Waals surface area contributed by atoms with Gasteiger partial charge in [-0.05, 0) is 44.6 Å². The van der Waals surface area contributed by atoms with E-state index < -0.39 is 0 Å². The standard InChI is InChI=1S/C7H3BrClIN2/c8-3-1-4-5(10)6(9)12-7(4)11-2-3/h1-2H,(H,11,12). The summed E-state index contributed by atoms with van der Waals surface area (Å²) in [6.07, 6.45) is 1.74. The van der Waals surface area contributed by atoms with Crippen LogP contribution in [0.1, 0.15) is 0 Å². The second-order valence-electron chi connectivity index (χ2n) is 2.30. The molecule has 0 unspecified atom stereocenters. The van der Waals surface area contributed by atoms with Crippen molar-refractivity contribution in [2.24, 2.45) is 0 Å². The summed E-state index contributed by atoms with van der Waals surface area (Å²) in [6, 6.07) is 1.99. The third-order valence-corrected chi connectivity index (χ3v) is 3.67. The van der Waals surface area contributed by atoms with Crippen molar-refractivity contribution in [3.8, 4) is 0 Å². The van der Waals surface area contributed by atoms with Crippen LogP contribution in [0.2, 0.25) is 5.15 Å². The molecule has 0 aliphatic rings. The maximum absolute atomic E-state index is 5.89. The van der Waals surface area contributed by atoms with E-state index in [1.165, 1.54) is 0 Å². The van der Waals surface area contributed by atoms with Crippen molar-refractivity contribution in [3.63, 3.8) is 0 Å². The Morgan fingerprint density at radius 2 is 2.33 bits per heavy atom. The molecule has 12 heavy (non-hydrogen) atoms. The van der Waals surface area contributed by atoms with Gasteiger partial charge < -0.3 is 4.98 Å². The molecule has 0 aliphatic heterocycles. The van der Waals surface area contributed by atoms with Crippen molar-refractivity contribution in [3.05, 3.63) is 25.5 Å². The second-order valence-corrected chi connectivity index (χ2v) is 4.68. The fourth-order valence-corrected chi connectivity index (χ4v) is 2.05. The topological polar surface area (TPSA) is 28.7 Å². The number of rotatable bonds is 0. The van der Waals surface area contributed by atoms with Crippen LogP contribution in [0.15, 0.2) is 16.7 Å². The molecule has 0 bridgehead atoms. The fourth-order valence-electron chi connectivity index (χ4n) is 0.983. The molecule has 2 aromatic rings. The lowest BCUT2D eigenvalue weighted by Gasteiger charge is -1.89. The molecule has 62 valence electrons. The van der Waals surface area contributed by atoms with Crippen molar-refractivity contribution in [2.75, 3.05) is 0 Å². The first-order valence-electron chi connectivity index (χ1n) is 3.16. The molecular weight excluding hydrogens is 354 g/mol. The molecule has 0 aliphatic carbocycles. The number of hydrogen-bond donors (Lipinski definition) is 1. The monoisotopic (exact) mass is 356 g/mol. The highest BCUT2D eigenvalue weighted by Gasteiger charge is 2.07. The largest absolute Gasteiger partial charge is 0.329 e. The van der Waals surface area contributed by atoms with Gasteiger partial charge in [0.1, 0.15) is 10.8 Å². The van der Waals surface area contributed by atoms with Crippen molar-refractivity contribution >= 4 is 61.2 Å². The van der Waals surface area contributed by atoms with Crippen LogP contribution in [0, 0.1) is 3.57 Å². The summed E-state index contributed by atoms with van der Waals surface area (Å²) in [6.45, 7) is 0. The number of aromatic nitrogens is 2. The minimum atomic E-state index is 0.649. The minimum Gasteiger partial charge on any atom is -0.329 e. The fraction of sp³-hybridized carbons (Fsp3) is 0. The molecular formula is C7H3BrClIN2. The predicted octanol–water partition coefficient (Wildman–Crippen LogP) is 3.58. The van der Waals surface area contributed by atoms with Crippen LogP contribution in [-0.4, -0.2) is 9.97 Å². The number of halogens is 3. The molecule has 2 nitrogen and oxygen atoms in total. The lowest BCUT2D eigenvalue weighted by molar-refractivity contribution is 1.31. The number of H-pyrrole nitrogens is 1. The van der Waals surface area contributed by atoms with Gasteiger partial charge >= 0.3 is 0 Å². The molecule has 0 saturated carbocycles. The van der Waals surface area contributed by atoms with E-state index in [1.54, 1.807) is 6.20 Å². The van der Waals surface area contributed by atoms with E-state index in [2.05, 4.69) is 48.5 Å². The van der Waals surface area contributed by atoms with Gasteiger partial charge in [0.15, 0.2) is 0 Å². The second kappa shape index (κ2) is 3.16. The summed E-state index contributed by atoms with van der Waals surface area (Å²) in [4.78, 5) is 7.15. The van der Waals surface area contributed by atoms with E-state index in [4.69, 9.17) is 11.6 Å². The normalized spacial score (nSPS) is 10.9. The van der Waals surface area contributed by atoms with Gasteiger partial charge in [-0.2, -0.15) is 0 Å². The molecule has 1 N–H and O–H groups in total. The molecule has 5 heteroatoms. The highest BCUT2D eigenvalue weighted by molar-refractivity contribution is 14.1. The average molecular weight is 357 g/mol. The lowest BCUT2D eigenvalue weighted by atomic mass is 10.3. The first kappa shape index (κ1) is 8.77. The van der Waals surface area contributed by atoms with E-state index in [0.29, 0.717) is 5.15 Å². The summed E-state index contributed by atoms with van der Waals surface area (Å²) in [5, 5.41) is 1.70. The SMILES string of the molecule is Clc1[nH]c2ncc(Br)cc2c1I. The van der Waals surface area contributed by atoms with Crippen LogP contribution >= 0.6 is 50.1 Å². The minimum absolute atomic E-state index is 0.649. The quantitative estimate of drug-likeness (QED) is 0.718. The Hall–Kier alpha value is 0.190. The van der Waals surface area contributed by atoms with E-state index in [1.807, 2.05) is 6.07 Å². The van der Waals surface area contributed by atoms with Crippen LogP contribution in [0.4, 0.5) is 0 Å². The van der Waals surface area contributed by atoms with Crippen molar-refractivity contribution in [2.45, 2.75) is 0 Å². The number of pyridine rings is 1. The van der Waals surface area contributed by atoms with Gasteiger partial charge in [0.25, 0.3) is 0 Å². The summed E-state index contributed by atoms with van der Waals surface area (Å²) < 4.78 is 1.97. The summed E-state index contributed by atoms with van der Waals surface area (Å²) in [5.41, 5.74) is 0.826. The van der Waals surface area contributed by atoms with Crippen molar-refractivity contribution in [1.29, 1.82) is 0 Å². The highest BCUT2D eigenvalue weighted by atomic mass is 127. The van der Waals surface area contributed by atoms with Crippen molar-refractivity contribution < 1.29 is 0 Å². The Morgan fingerprint density at radius 3 is 3.08 bits per heavy atom. The Labute approximate surface area is 96.0 Å². The molecule has 0 spiro atoms. The molecule has 0 radical (unpaired) electrons. The third-order valence-electron chi connectivity index (χ3n) is 1.51. The Kier molecular flexibility index (Phi) is 2.31. The van der Waals surface area contributed by atoms with E-state index in [-0.39, 0.29) is 0 Å². The van der Waals surface area contributed by atoms with E-state index >= 15 is 0 Å². The number of nitrogens with one attached hydrogen (secondary N) is 1. The molecule has 0 aromatic carbocycles. The number of nitrogens with zero attached hydrogens (tertiary/aromatic N) is 1. The molecule has 2 aromatic heterocycles. The zero-order valence-electron chi connectivity index (χ0n) is 5.74. The van der Waals surface area contributed by atoms with Crippen LogP contribution in [0.5, 0.6) is 0 Å². The van der Waals surface area contributed by atoms with Gasteiger partial charge in [0.05, 0.1) is 3.57 Å². The Morgan fingerprint density at radius 1 is 1.58 bits per heavy atom. The smallest absolute Gasteiger partial charge is 0.139 e. The maximum Gasteiger partial charge on any atom is 0.139 e. The maximum atomic E-state index is 5.89. The number of aromatic amines is 1. The lowest BCUT2D eigenvalue weighted by Crippen LogP contribution is -1.75. The highest BCUT2D eigenvalue weighted by Crippen LogP contribution is 2.27. The number of fused-ring (bicyclic) bond motifs is 1. The molecule has 0 atom stereocenters. The van der Waals surface area contributed by atoms with Crippen molar-refractivity contribution in [1.82, 2.24) is 9.97 Å². The first-order chi connectivity index (χ1) is 5.68. The van der Waals surface area contributed by atoms with Gasteiger partial charge in [-0.25, -0.2) is 4.98 Å². The van der Waals surface area contributed by atoms with E-state index in [9.17, 15) is 0 Å². The zero-order chi connectivity index (χ0) is 8.72. The molecule has 0 fully saturated rings. The van der Waals surface area contributed by atoms with Gasteiger partial charge in [-0.15, -0.1) is 0 Å². The van der Waals surface area contributed by atoms with Gasteiger partial charge in [-0.3, -0.25) is 0 Å². The summed E-state index contributed by atoms with van der Waals surface area (Å²) in [5.74, 6) is 0. The summed E-state index contributed by atoms with van der Waals surface area (Å²) >= 11 is 11.4. The Balaban J connectivity index is 2.88. The zero-order valence-corrected chi connectivity index (χ0v) is 10.2. The summed E-state index contributed by atoms with van der Waals surface area (Å²) in [7, 11) is 0. The van der Waals surface area contributed by atoms with E-state index in [0.717, 1.165) is 19.1 Å². The molecule has 0 saturated heterocycles. The van der Waals surface area contributed by atoms with Crippen LogP contribution in [0.3, 0.4) is 0 Å². The Bertz CT molecular complexity index is 440. The number of hydrogen-bond acceptors (Lipinski definition) is 1. The first-order valence-corrected chi connectivity index (χ1v) is 5.41.